The molecule has 0 saturated heterocycles. The molecule has 124 valence electrons. The Morgan fingerprint density at radius 3 is 2.70 bits per heavy atom. The maximum absolute atomic E-state index is 12.9. The fourth-order valence-electron chi connectivity index (χ4n) is 1.65. The monoisotopic (exact) mass is 381 g/mol. The van der Waals surface area contributed by atoms with Gasteiger partial charge in [-0.05, 0) is 41.6 Å². The van der Waals surface area contributed by atoms with Crippen molar-refractivity contribution in [1.82, 2.24) is 0 Å². The number of benzene rings is 1. The summed E-state index contributed by atoms with van der Waals surface area (Å²) in [5.41, 5.74) is -0.733. The van der Waals surface area contributed by atoms with Crippen LogP contribution in [0.2, 0.25) is 5.02 Å². The first-order valence-corrected chi connectivity index (χ1v) is 8.27. The van der Waals surface area contributed by atoms with Gasteiger partial charge in [-0.1, -0.05) is 17.7 Å². The fraction of sp³-hybridized carbons (Fsp3) is 0.214. The van der Waals surface area contributed by atoms with E-state index in [0.717, 1.165) is 28.3 Å². The number of ether oxygens (including phenoxy) is 1. The smallest absolute Gasteiger partial charge is 0.416 e. The second-order valence-corrected chi connectivity index (χ2v) is 6.98. The minimum atomic E-state index is -4.50. The highest BCUT2D eigenvalue weighted by atomic mass is 35.5. The number of carbonyl (C=O) groups excluding carboxylic acids is 1. The molecule has 0 spiro atoms. The molecule has 1 aromatic carbocycles. The van der Waals surface area contributed by atoms with Gasteiger partial charge in [-0.15, -0.1) is 11.3 Å². The van der Waals surface area contributed by atoms with Gasteiger partial charge in [-0.25, -0.2) is 0 Å². The van der Waals surface area contributed by atoms with Gasteiger partial charge in [0.1, 0.15) is 6.54 Å². The molecule has 0 aliphatic carbocycles. The van der Waals surface area contributed by atoms with Gasteiger partial charge in [-0.2, -0.15) is 13.2 Å². The standard InChI is InChI=1S/C14H11ClF3NO2S2/c1-21-12(20)8-19(23-13-3-2-6-22-13)11-7-9(14(16,17)18)4-5-10(11)15/h2-7H,8H2,1H3. The van der Waals surface area contributed by atoms with E-state index >= 15 is 0 Å². The summed E-state index contributed by atoms with van der Waals surface area (Å²) >= 11 is 8.56. The minimum Gasteiger partial charge on any atom is -0.468 e. The van der Waals surface area contributed by atoms with Gasteiger partial charge < -0.3 is 4.74 Å². The van der Waals surface area contributed by atoms with Gasteiger partial charge in [0.15, 0.2) is 0 Å². The first kappa shape index (κ1) is 18.0. The Morgan fingerprint density at radius 2 is 2.13 bits per heavy atom. The van der Waals surface area contributed by atoms with E-state index in [-0.39, 0.29) is 17.3 Å². The lowest BCUT2D eigenvalue weighted by Crippen LogP contribution is -2.24. The number of anilines is 1. The van der Waals surface area contributed by atoms with Gasteiger partial charge >= 0.3 is 12.1 Å². The molecule has 0 aliphatic heterocycles. The molecule has 0 saturated carbocycles. The van der Waals surface area contributed by atoms with Gasteiger partial charge in [0.05, 0.1) is 27.6 Å². The molecule has 1 aromatic heterocycles. The third-order valence-corrected chi connectivity index (χ3v) is 5.09. The number of carbonyl (C=O) groups is 1. The van der Waals surface area contributed by atoms with E-state index in [1.165, 1.54) is 28.8 Å². The fourth-order valence-corrected chi connectivity index (χ4v) is 3.76. The number of hydrogen-bond acceptors (Lipinski definition) is 5. The van der Waals surface area contributed by atoms with E-state index < -0.39 is 17.7 Å². The van der Waals surface area contributed by atoms with E-state index in [4.69, 9.17) is 11.6 Å². The first-order valence-electron chi connectivity index (χ1n) is 6.24. The van der Waals surface area contributed by atoms with E-state index in [2.05, 4.69) is 4.74 Å². The van der Waals surface area contributed by atoms with Crippen LogP contribution < -0.4 is 4.31 Å². The Labute approximate surface area is 144 Å². The van der Waals surface area contributed by atoms with Crippen molar-refractivity contribution in [2.75, 3.05) is 18.0 Å². The second kappa shape index (κ2) is 7.46. The molecule has 0 fully saturated rings. The topological polar surface area (TPSA) is 29.5 Å². The molecule has 0 unspecified atom stereocenters. The van der Waals surface area contributed by atoms with Crippen molar-refractivity contribution in [1.29, 1.82) is 0 Å². The van der Waals surface area contributed by atoms with E-state index in [1.807, 2.05) is 5.38 Å². The highest BCUT2D eigenvalue weighted by molar-refractivity contribution is 8.02. The van der Waals surface area contributed by atoms with Crippen LogP contribution in [-0.2, 0) is 15.7 Å². The first-order chi connectivity index (χ1) is 10.8. The summed E-state index contributed by atoms with van der Waals surface area (Å²) in [5.74, 6) is -0.581. The number of esters is 1. The summed E-state index contributed by atoms with van der Waals surface area (Å²) in [5, 5.41) is 1.94. The molecule has 9 heteroatoms. The number of hydrogen-bond donors (Lipinski definition) is 0. The SMILES string of the molecule is COC(=O)CN(Sc1cccs1)c1cc(C(F)(F)F)ccc1Cl. The molecule has 1 heterocycles. The number of alkyl halides is 3. The number of nitrogens with zero attached hydrogens (tertiary/aromatic N) is 1. The van der Waals surface area contributed by atoms with Gasteiger partial charge in [-0.3, -0.25) is 9.10 Å². The predicted molar refractivity (Wildman–Crippen MR) is 86.0 cm³/mol. The lowest BCUT2D eigenvalue weighted by Gasteiger charge is -2.23. The van der Waals surface area contributed by atoms with Crippen molar-refractivity contribution in [2.24, 2.45) is 0 Å². The molecule has 0 radical (unpaired) electrons. The van der Waals surface area contributed by atoms with Crippen LogP contribution in [0.4, 0.5) is 18.9 Å². The maximum atomic E-state index is 12.9. The third kappa shape index (κ3) is 4.79. The highest BCUT2D eigenvalue weighted by Crippen LogP contribution is 2.39. The van der Waals surface area contributed by atoms with Gasteiger partial charge in [0.25, 0.3) is 0 Å². The molecule has 2 aromatic rings. The normalized spacial score (nSPS) is 11.3. The average Bonchev–Trinajstić information content (AvgIpc) is 2.98. The second-order valence-electron chi connectivity index (χ2n) is 4.30. The van der Waals surface area contributed by atoms with Crippen molar-refractivity contribution in [3.8, 4) is 0 Å². The van der Waals surface area contributed by atoms with Crippen LogP contribution in [-0.4, -0.2) is 19.6 Å². The van der Waals surface area contributed by atoms with Gasteiger partial charge in [0.2, 0.25) is 0 Å². The molecule has 0 bridgehead atoms. The van der Waals surface area contributed by atoms with Crippen LogP contribution in [0.3, 0.4) is 0 Å². The number of rotatable bonds is 5. The molecule has 0 amide bonds. The van der Waals surface area contributed by atoms with Crippen molar-refractivity contribution in [3.63, 3.8) is 0 Å². The summed E-state index contributed by atoms with van der Waals surface area (Å²) < 4.78 is 45.5. The summed E-state index contributed by atoms with van der Waals surface area (Å²) in [6, 6.07) is 6.58. The van der Waals surface area contributed by atoms with Crippen LogP contribution >= 0.6 is 34.9 Å². The van der Waals surface area contributed by atoms with Crippen molar-refractivity contribution in [2.45, 2.75) is 10.4 Å². The Bertz CT molecular complexity index is 677. The molecular formula is C14H11ClF3NO2S2. The molecule has 2 rings (SSSR count). The largest absolute Gasteiger partial charge is 0.468 e. The number of methoxy groups -OCH3 is 1. The summed E-state index contributed by atoms with van der Waals surface area (Å²) in [4.78, 5) is 11.6. The molecular weight excluding hydrogens is 371 g/mol. The average molecular weight is 382 g/mol. The number of halogens is 4. The van der Waals surface area contributed by atoms with Crippen LogP contribution in [0.15, 0.2) is 39.9 Å². The Kier molecular flexibility index (Phi) is 5.83. The lowest BCUT2D eigenvalue weighted by molar-refractivity contribution is -0.138. The molecule has 0 atom stereocenters. The van der Waals surface area contributed by atoms with Crippen molar-refractivity contribution in [3.05, 3.63) is 46.3 Å². The Morgan fingerprint density at radius 1 is 1.39 bits per heavy atom. The summed E-state index contributed by atoms with van der Waals surface area (Å²) in [7, 11) is 1.21. The summed E-state index contributed by atoms with van der Waals surface area (Å²) in [6.45, 7) is -0.236. The molecule has 0 aliphatic rings. The van der Waals surface area contributed by atoms with E-state index in [9.17, 15) is 18.0 Å². The third-order valence-electron chi connectivity index (χ3n) is 2.74. The van der Waals surface area contributed by atoms with Crippen LogP contribution in [0.25, 0.3) is 0 Å². The maximum Gasteiger partial charge on any atom is 0.416 e. The van der Waals surface area contributed by atoms with Gasteiger partial charge in [0, 0.05) is 0 Å². The Hall–Kier alpha value is -1.38. The number of thiophene rings is 1. The van der Waals surface area contributed by atoms with Crippen LogP contribution in [0.1, 0.15) is 5.56 Å². The minimum absolute atomic E-state index is 0.102. The van der Waals surface area contributed by atoms with Crippen molar-refractivity contribution >= 4 is 46.5 Å². The molecule has 23 heavy (non-hydrogen) atoms. The van der Waals surface area contributed by atoms with Crippen LogP contribution in [0.5, 0.6) is 0 Å². The zero-order valence-electron chi connectivity index (χ0n) is 11.8. The van der Waals surface area contributed by atoms with Crippen molar-refractivity contribution < 1.29 is 22.7 Å². The predicted octanol–water partition coefficient (Wildman–Crippen LogP) is 5.11. The zero-order chi connectivity index (χ0) is 17.0. The quantitative estimate of drug-likeness (QED) is 0.532. The zero-order valence-corrected chi connectivity index (χ0v) is 14.2. The molecule has 3 nitrogen and oxygen atoms in total. The summed E-state index contributed by atoms with van der Waals surface area (Å²) in [6.07, 6.45) is -4.50. The van der Waals surface area contributed by atoms with E-state index in [0.29, 0.717) is 0 Å². The highest BCUT2D eigenvalue weighted by Gasteiger charge is 2.32. The Balaban J connectivity index is 2.39. The lowest BCUT2D eigenvalue weighted by atomic mass is 10.2. The van der Waals surface area contributed by atoms with Crippen LogP contribution in [0, 0.1) is 0 Å². The molecule has 0 N–H and O–H groups in total. The van der Waals surface area contributed by atoms with E-state index in [1.54, 1.807) is 12.1 Å².